The van der Waals surface area contributed by atoms with Crippen LogP contribution >= 0.6 is 0 Å². The van der Waals surface area contributed by atoms with Crippen LogP contribution in [0.15, 0.2) is 60.7 Å². The van der Waals surface area contributed by atoms with Crippen LogP contribution in [0.5, 0.6) is 5.75 Å². The first-order chi connectivity index (χ1) is 7.36. The second-order valence-electron chi connectivity index (χ2n) is 3.07. The van der Waals surface area contributed by atoms with Gasteiger partial charge in [-0.3, -0.25) is 0 Å². The third kappa shape index (κ3) is 3.85. The summed E-state index contributed by atoms with van der Waals surface area (Å²) in [4.78, 5) is 11.6. The van der Waals surface area contributed by atoms with Crippen molar-refractivity contribution in [3.05, 3.63) is 66.2 Å². The first-order valence-corrected chi connectivity index (χ1v) is 4.68. The van der Waals surface area contributed by atoms with Crippen LogP contribution < -0.4 is 56.1 Å². The van der Waals surface area contributed by atoms with Crippen LogP contribution in [-0.4, -0.2) is 5.97 Å². The fraction of sp³-hybridized carbons (Fsp3) is 0. The summed E-state index contributed by atoms with van der Waals surface area (Å²) in [5.74, 6) is 0.230. The Hall–Kier alpha value is -0.454. The molecule has 2 aromatic rings. The zero-order valence-electron chi connectivity index (χ0n) is 10.1. The van der Waals surface area contributed by atoms with Gasteiger partial charge in [-0.1, -0.05) is 36.4 Å². The Morgan fingerprint density at radius 2 is 1.38 bits per heavy atom. The molecular formula is C13H11KO2. The number of hydrogen-bond donors (Lipinski definition) is 0. The summed E-state index contributed by atoms with van der Waals surface area (Å²) in [6.45, 7) is 0. The molecular weight excluding hydrogens is 227 g/mol. The van der Waals surface area contributed by atoms with Crippen molar-refractivity contribution in [2.24, 2.45) is 0 Å². The van der Waals surface area contributed by atoms with Crippen molar-refractivity contribution in [1.29, 1.82) is 0 Å². The fourth-order valence-electron chi connectivity index (χ4n) is 1.23. The smallest absolute Gasteiger partial charge is 1.00 e. The maximum atomic E-state index is 11.6. The SMILES string of the molecule is O=C(Oc1ccccc1)c1ccccc1.[H-].[K+]. The number of benzene rings is 2. The van der Waals surface area contributed by atoms with Crippen LogP contribution in [0.2, 0.25) is 0 Å². The molecule has 0 N–H and O–H groups in total. The maximum Gasteiger partial charge on any atom is 1.00 e. The quantitative estimate of drug-likeness (QED) is 0.419. The fourth-order valence-corrected chi connectivity index (χ4v) is 1.23. The molecule has 0 saturated carbocycles. The van der Waals surface area contributed by atoms with Crippen LogP contribution in [-0.2, 0) is 0 Å². The monoisotopic (exact) mass is 238 g/mol. The number of hydrogen-bond acceptors (Lipinski definition) is 2. The second-order valence-corrected chi connectivity index (χ2v) is 3.07. The Morgan fingerprint density at radius 3 is 1.94 bits per heavy atom. The third-order valence-corrected chi connectivity index (χ3v) is 1.96. The first-order valence-electron chi connectivity index (χ1n) is 4.68. The van der Waals surface area contributed by atoms with E-state index in [9.17, 15) is 4.79 Å². The predicted octanol–water partition coefficient (Wildman–Crippen LogP) is 0.0223. The van der Waals surface area contributed by atoms with Gasteiger partial charge in [0.15, 0.2) is 0 Å². The standard InChI is InChI=1S/C13H10O2.K.H/c14-13(11-7-3-1-4-8-11)15-12-9-5-2-6-10-12;;/h1-10H;;/q;+1;-1. The van der Waals surface area contributed by atoms with Crippen LogP contribution in [0, 0.1) is 0 Å². The molecule has 0 aliphatic carbocycles. The van der Waals surface area contributed by atoms with E-state index in [2.05, 4.69) is 0 Å². The van der Waals surface area contributed by atoms with E-state index in [1.165, 1.54) is 0 Å². The van der Waals surface area contributed by atoms with Crippen LogP contribution in [0.1, 0.15) is 11.8 Å². The molecule has 0 heterocycles. The zero-order valence-corrected chi connectivity index (χ0v) is 12.2. The molecule has 2 aromatic carbocycles. The van der Waals surface area contributed by atoms with Gasteiger partial charge in [-0.15, -0.1) is 0 Å². The minimum Gasteiger partial charge on any atom is -1.00 e. The van der Waals surface area contributed by atoms with Crippen molar-refractivity contribution < 1.29 is 62.3 Å². The summed E-state index contributed by atoms with van der Waals surface area (Å²) in [5, 5.41) is 0. The molecule has 0 bridgehead atoms. The van der Waals surface area contributed by atoms with Gasteiger partial charge in [0.2, 0.25) is 0 Å². The van der Waals surface area contributed by atoms with Crippen molar-refractivity contribution in [2.45, 2.75) is 0 Å². The topological polar surface area (TPSA) is 26.3 Å². The summed E-state index contributed by atoms with van der Waals surface area (Å²) >= 11 is 0. The number of ether oxygens (including phenoxy) is 1. The summed E-state index contributed by atoms with van der Waals surface area (Å²) in [6.07, 6.45) is 0. The molecule has 0 saturated heterocycles. The van der Waals surface area contributed by atoms with E-state index in [-0.39, 0.29) is 58.8 Å². The minimum atomic E-state index is -0.332. The van der Waals surface area contributed by atoms with Crippen molar-refractivity contribution in [3.63, 3.8) is 0 Å². The Labute approximate surface area is 139 Å². The normalized spacial score (nSPS) is 9.00. The Balaban J connectivity index is 0.00000128. The van der Waals surface area contributed by atoms with Crippen LogP contribution in [0.3, 0.4) is 0 Å². The first kappa shape index (κ1) is 13.6. The van der Waals surface area contributed by atoms with Crippen LogP contribution in [0.4, 0.5) is 0 Å². The molecule has 2 nitrogen and oxygen atoms in total. The summed E-state index contributed by atoms with van der Waals surface area (Å²) in [5.41, 5.74) is 0.557. The van der Waals surface area contributed by atoms with E-state index < -0.39 is 0 Å². The van der Waals surface area contributed by atoms with Gasteiger partial charge in [0, 0.05) is 0 Å². The van der Waals surface area contributed by atoms with Gasteiger partial charge in [-0.2, -0.15) is 0 Å². The summed E-state index contributed by atoms with van der Waals surface area (Å²) in [6, 6.07) is 18.0. The number of esters is 1. The van der Waals surface area contributed by atoms with Crippen molar-refractivity contribution >= 4 is 5.97 Å². The maximum absolute atomic E-state index is 11.6. The molecule has 0 aromatic heterocycles. The molecule has 2 rings (SSSR count). The molecule has 0 amide bonds. The van der Waals surface area contributed by atoms with Crippen LogP contribution in [0.25, 0.3) is 0 Å². The second kappa shape index (κ2) is 6.99. The Morgan fingerprint density at radius 1 is 0.875 bits per heavy atom. The van der Waals surface area contributed by atoms with E-state index in [4.69, 9.17) is 4.74 Å². The van der Waals surface area contributed by atoms with E-state index in [0.717, 1.165) is 0 Å². The van der Waals surface area contributed by atoms with Gasteiger partial charge in [-0.25, -0.2) is 4.79 Å². The van der Waals surface area contributed by atoms with Crippen molar-refractivity contribution in [3.8, 4) is 5.75 Å². The van der Waals surface area contributed by atoms with Crippen molar-refractivity contribution in [1.82, 2.24) is 0 Å². The number of carbonyl (C=O) groups excluding carboxylic acids is 1. The van der Waals surface area contributed by atoms with E-state index in [1.54, 1.807) is 24.3 Å². The van der Waals surface area contributed by atoms with E-state index in [1.807, 2.05) is 36.4 Å². The number of rotatable bonds is 2. The zero-order chi connectivity index (χ0) is 10.5. The largest absolute Gasteiger partial charge is 1.00 e. The summed E-state index contributed by atoms with van der Waals surface area (Å²) in [7, 11) is 0. The molecule has 16 heavy (non-hydrogen) atoms. The molecule has 76 valence electrons. The third-order valence-electron chi connectivity index (χ3n) is 1.96. The molecule has 0 aliphatic rings. The van der Waals surface area contributed by atoms with Crippen molar-refractivity contribution in [2.75, 3.05) is 0 Å². The summed E-state index contributed by atoms with van der Waals surface area (Å²) < 4.78 is 5.16. The molecule has 0 atom stereocenters. The van der Waals surface area contributed by atoms with Gasteiger partial charge in [0.05, 0.1) is 5.56 Å². The Bertz CT molecular complexity index is 445. The predicted molar refractivity (Wildman–Crippen MR) is 59.0 cm³/mol. The molecule has 0 radical (unpaired) electrons. The molecule has 0 spiro atoms. The average molecular weight is 238 g/mol. The van der Waals surface area contributed by atoms with E-state index in [0.29, 0.717) is 11.3 Å². The van der Waals surface area contributed by atoms with E-state index >= 15 is 0 Å². The molecule has 0 aliphatic heterocycles. The number of carbonyl (C=O) groups is 1. The van der Waals surface area contributed by atoms with Gasteiger partial charge in [0.1, 0.15) is 5.75 Å². The van der Waals surface area contributed by atoms with Gasteiger partial charge >= 0.3 is 57.4 Å². The van der Waals surface area contributed by atoms with Gasteiger partial charge in [0.25, 0.3) is 0 Å². The molecule has 3 heteroatoms. The molecule has 0 unspecified atom stereocenters. The Kier molecular flexibility index (Phi) is 5.94. The number of para-hydroxylation sites is 1. The minimum absolute atomic E-state index is 0. The molecule has 0 fully saturated rings. The average Bonchev–Trinajstić information content (AvgIpc) is 2.31. The van der Waals surface area contributed by atoms with Gasteiger partial charge < -0.3 is 6.16 Å². The van der Waals surface area contributed by atoms with Gasteiger partial charge in [-0.05, 0) is 24.3 Å².